The van der Waals surface area contributed by atoms with Gasteiger partial charge in [-0.25, -0.2) is 9.78 Å². The van der Waals surface area contributed by atoms with Gasteiger partial charge in [0.1, 0.15) is 11.4 Å². The van der Waals surface area contributed by atoms with Crippen molar-refractivity contribution in [3.8, 4) is 0 Å². The van der Waals surface area contributed by atoms with Gasteiger partial charge in [-0.3, -0.25) is 0 Å². The molecule has 0 saturated carbocycles. The van der Waals surface area contributed by atoms with Crippen LogP contribution in [0.15, 0.2) is 6.07 Å². The van der Waals surface area contributed by atoms with Crippen LogP contribution in [0.5, 0.6) is 0 Å². The Morgan fingerprint density at radius 1 is 1.45 bits per heavy atom. The zero-order valence-electron chi connectivity index (χ0n) is 12.1. The molecular formula is C15H22N2O3. The lowest BCUT2D eigenvalue weighted by atomic mass is 9.90. The van der Waals surface area contributed by atoms with Crippen LogP contribution in [0.4, 0.5) is 5.82 Å². The van der Waals surface area contributed by atoms with Crippen LogP contribution >= 0.6 is 0 Å². The average molecular weight is 278 g/mol. The Morgan fingerprint density at radius 2 is 2.20 bits per heavy atom. The molecule has 0 amide bonds. The van der Waals surface area contributed by atoms with Gasteiger partial charge in [0.15, 0.2) is 0 Å². The van der Waals surface area contributed by atoms with Gasteiger partial charge < -0.3 is 15.5 Å². The summed E-state index contributed by atoms with van der Waals surface area (Å²) >= 11 is 0. The van der Waals surface area contributed by atoms with E-state index in [1.54, 1.807) is 6.07 Å². The van der Waals surface area contributed by atoms with Crippen LogP contribution in [0.1, 0.15) is 48.3 Å². The van der Waals surface area contributed by atoms with E-state index in [-0.39, 0.29) is 17.6 Å². The standard InChI is InChI=1S/C15H22N2O3/c1-15(2,6-7-18)9-16-13-11(14(19)20)8-10-4-3-5-12(10)17-13/h8,18H,3-7,9H2,1-2H3,(H,16,17)(H,19,20). The molecule has 0 aliphatic heterocycles. The minimum absolute atomic E-state index is 0.106. The largest absolute Gasteiger partial charge is 0.478 e. The van der Waals surface area contributed by atoms with Crippen molar-refractivity contribution in [1.29, 1.82) is 0 Å². The molecule has 2 rings (SSSR count). The number of nitrogens with zero attached hydrogens (tertiary/aromatic N) is 1. The topological polar surface area (TPSA) is 82.5 Å². The molecule has 1 aliphatic carbocycles. The molecule has 1 aromatic rings. The van der Waals surface area contributed by atoms with Gasteiger partial charge in [0, 0.05) is 18.8 Å². The van der Waals surface area contributed by atoms with Crippen LogP contribution in [0, 0.1) is 5.41 Å². The molecule has 0 bridgehead atoms. The highest BCUT2D eigenvalue weighted by atomic mass is 16.4. The predicted molar refractivity (Wildman–Crippen MR) is 77.2 cm³/mol. The van der Waals surface area contributed by atoms with Crippen LogP contribution in [0.2, 0.25) is 0 Å². The van der Waals surface area contributed by atoms with Crippen molar-refractivity contribution in [2.45, 2.75) is 39.5 Å². The number of carboxylic acid groups (broad SMARTS) is 1. The minimum Gasteiger partial charge on any atom is -0.478 e. The van der Waals surface area contributed by atoms with E-state index in [0.29, 0.717) is 18.8 Å². The zero-order chi connectivity index (χ0) is 14.8. The molecule has 0 spiro atoms. The van der Waals surface area contributed by atoms with E-state index in [2.05, 4.69) is 10.3 Å². The first-order valence-corrected chi connectivity index (χ1v) is 7.04. The van der Waals surface area contributed by atoms with E-state index in [9.17, 15) is 9.90 Å². The second kappa shape index (κ2) is 5.79. The van der Waals surface area contributed by atoms with Gasteiger partial charge in [-0.15, -0.1) is 0 Å². The number of rotatable bonds is 6. The molecule has 0 aromatic carbocycles. The molecule has 1 heterocycles. The first kappa shape index (κ1) is 14.8. The van der Waals surface area contributed by atoms with E-state index in [0.717, 1.165) is 30.5 Å². The van der Waals surface area contributed by atoms with Crippen molar-refractivity contribution >= 4 is 11.8 Å². The Balaban J connectivity index is 2.20. The van der Waals surface area contributed by atoms with Crippen molar-refractivity contribution in [2.24, 2.45) is 5.41 Å². The third-order valence-electron chi connectivity index (χ3n) is 3.80. The zero-order valence-corrected chi connectivity index (χ0v) is 12.1. The second-order valence-corrected chi connectivity index (χ2v) is 6.14. The highest BCUT2D eigenvalue weighted by molar-refractivity contribution is 5.93. The SMILES string of the molecule is CC(C)(CCO)CNc1nc2c(cc1C(=O)O)CCC2. The molecule has 0 atom stereocenters. The van der Waals surface area contributed by atoms with Crippen molar-refractivity contribution in [1.82, 2.24) is 4.98 Å². The predicted octanol–water partition coefficient (Wildman–Crippen LogP) is 2.09. The van der Waals surface area contributed by atoms with Crippen LogP contribution in [0.25, 0.3) is 0 Å². The monoisotopic (exact) mass is 278 g/mol. The fraction of sp³-hybridized carbons (Fsp3) is 0.600. The third kappa shape index (κ3) is 3.28. The van der Waals surface area contributed by atoms with E-state index in [1.807, 2.05) is 13.8 Å². The lowest BCUT2D eigenvalue weighted by molar-refractivity contribution is 0.0697. The lowest BCUT2D eigenvalue weighted by Crippen LogP contribution is -2.25. The van der Waals surface area contributed by atoms with Crippen molar-refractivity contribution in [2.75, 3.05) is 18.5 Å². The van der Waals surface area contributed by atoms with Gasteiger partial charge in [0.2, 0.25) is 0 Å². The molecule has 5 nitrogen and oxygen atoms in total. The number of hydrogen-bond donors (Lipinski definition) is 3. The third-order valence-corrected chi connectivity index (χ3v) is 3.80. The number of aromatic carboxylic acids is 1. The number of carbonyl (C=O) groups is 1. The summed E-state index contributed by atoms with van der Waals surface area (Å²) < 4.78 is 0. The van der Waals surface area contributed by atoms with E-state index >= 15 is 0 Å². The molecular weight excluding hydrogens is 256 g/mol. The maximum atomic E-state index is 11.4. The van der Waals surface area contributed by atoms with Gasteiger partial charge in [-0.1, -0.05) is 13.8 Å². The number of pyridine rings is 1. The number of fused-ring (bicyclic) bond motifs is 1. The van der Waals surface area contributed by atoms with Crippen molar-refractivity contribution in [3.05, 3.63) is 22.9 Å². The molecule has 1 aliphatic rings. The average Bonchev–Trinajstić information content (AvgIpc) is 2.82. The minimum atomic E-state index is -0.949. The number of aliphatic hydroxyl groups excluding tert-OH is 1. The number of anilines is 1. The number of aliphatic hydroxyl groups is 1. The first-order valence-electron chi connectivity index (χ1n) is 7.04. The Labute approximate surface area is 119 Å². The molecule has 0 saturated heterocycles. The normalized spacial score (nSPS) is 14.2. The summed E-state index contributed by atoms with van der Waals surface area (Å²) in [7, 11) is 0. The van der Waals surface area contributed by atoms with Crippen LogP contribution in [-0.2, 0) is 12.8 Å². The number of hydrogen-bond acceptors (Lipinski definition) is 4. The van der Waals surface area contributed by atoms with Crippen LogP contribution in [0.3, 0.4) is 0 Å². The summed E-state index contributed by atoms with van der Waals surface area (Å²) in [5, 5.41) is 21.5. The lowest BCUT2D eigenvalue weighted by Gasteiger charge is -2.24. The molecule has 1 aromatic heterocycles. The number of aryl methyl sites for hydroxylation is 2. The van der Waals surface area contributed by atoms with E-state index in [1.165, 1.54) is 0 Å². The fourth-order valence-electron chi connectivity index (χ4n) is 2.48. The van der Waals surface area contributed by atoms with Crippen LogP contribution in [-0.4, -0.2) is 34.3 Å². The summed E-state index contributed by atoms with van der Waals surface area (Å²) in [6.07, 6.45) is 3.54. The van der Waals surface area contributed by atoms with Gasteiger partial charge in [-0.05, 0) is 42.7 Å². The van der Waals surface area contributed by atoms with Gasteiger partial charge >= 0.3 is 5.97 Å². The Bertz CT molecular complexity index is 512. The Kier molecular flexibility index (Phi) is 4.28. The quantitative estimate of drug-likeness (QED) is 0.742. The maximum absolute atomic E-state index is 11.4. The van der Waals surface area contributed by atoms with Gasteiger partial charge in [0.05, 0.1) is 0 Å². The number of nitrogens with one attached hydrogen (secondary N) is 1. The molecule has 0 fully saturated rings. The van der Waals surface area contributed by atoms with Gasteiger partial charge in [0.25, 0.3) is 0 Å². The first-order chi connectivity index (χ1) is 9.43. The van der Waals surface area contributed by atoms with E-state index in [4.69, 9.17) is 5.11 Å². The number of carboxylic acids is 1. The molecule has 3 N–H and O–H groups in total. The highest BCUT2D eigenvalue weighted by Gasteiger charge is 2.22. The summed E-state index contributed by atoms with van der Waals surface area (Å²) in [5.74, 6) is -0.501. The van der Waals surface area contributed by atoms with Crippen molar-refractivity contribution in [3.63, 3.8) is 0 Å². The molecule has 5 heteroatoms. The Hall–Kier alpha value is -1.62. The molecule has 110 valence electrons. The summed E-state index contributed by atoms with van der Waals surface area (Å²) in [5.41, 5.74) is 2.20. The molecule has 0 unspecified atom stereocenters. The summed E-state index contributed by atoms with van der Waals surface area (Å²) in [6, 6.07) is 1.75. The smallest absolute Gasteiger partial charge is 0.339 e. The molecule has 20 heavy (non-hydrogen) atoms. The van der Waals surface area contributed by atoms with Crippen LogP contribution < -0.4 is 5.32 Å². The summed E-state index contributed by atoms with van der Waals surface area (Å²) in [6.45, 7) is 4.77. The fourth-order valence-corrected chi connectivity index (χ4v) is 2.48. The highest BCUT2D eigenvalue weighted by Crippen LogP contribution is 2.27. The summed E-state index contributed by atoms with van der Waals surface area (Å²) in [4.78, 5) is 15.8. The number of aromatic nitrogens is 1. The Morgan fingerprint density at radius 3 is 2.85 bits per heavy atom. The second-order valence-electron chi connectivity index (χ2n) is 6.14. The maximum Gasteiger partial charge on any atom is 0.339 e. The van der Waals surface area contributed by atoms with E-state index < -0.39 is 5.97 Å². The van der Waals surface area contributed by atoms with Crippen molar-refractivity contribution < 1.29 is 15.0 Å². The van der Waals surface area contributed by atoms with Gasteiger partial charge in [-0.2, -0.15) is 0 Å². The molecule has 0 radical (unpaired) electrons.